The highest BCUT2D eigenvalue weighted by Gasteiger charge is 2.41. The molecule has 0 bridgehead atoms. The van der Waals surface area contributed by atoms with Crippen LogP contribution in [-0.2, 0) is 0 Å². The minimum Gasteiger partial charge on any atom is -0.357 e. The number of anilines is 2. The van der Waals surface area contributed by atoms with E-state index in [1.165, 1.54) is 25.7 Å². The molecular weight excluding hydrogens is 266 g/mol. The molecule has 2 aromatic heterocycles. The largest absolute Gasteiger partial charge is 0.357 e. The van der Waals surface area contributed by atoms with Crippen molar-refractivity contribution in [1.82, 2.24) is 24.7 Å². The first-order chi connectivity index (χ1) is 10.2. The fraction of sp³-hybridized carbons (Fsp3) is 0.571. The first-order valence-corrected chi connectivity index (χ1v) is 7.42. The molecule has 2 aromatic rings. The average Bonchev–Trinajstić information content (AvgIpc) is 3.05. The van der Waals surface area contributed by atoms with Crippen LogP contribution in [0.4, 0.5) is 11.9 Å². The first kappa shape index (κ1) is 13.8. The van der Waals surface area contributed by atoms with E-state index in [2.05, 4.69) is 37.6 Å². The van der Waals surface area contributed by atoms with Crippen molar-refractivity contribution in [2.24, 2.45) is 5.41 Å². The van der Waals surface area contributed by atoms with Gasteiger partial charge in [0.05, 0.1) is 0 Å². The minimum atomic E-state index is 0.451. The first-order valence-electron chi connectivity index (χ1n) is 7.42. The summed E-state index contributed by atoms with van der Waals surface area (Å²) in [7, 11) is 1.80. The topological polar surface area (TPSA) is 80.5 Å². The number of hydrogen-bond acceptors (Lipinski definition) is 6. The molecule has 0 saturated heterocycles. The number of rotatable bonds is 7. The van der Waals surface area contributed by atoms with E-state index < -0.39 is 0 Å². The van der Waals surface area contributed by atoms with Crippen LogP contribution in [0.15, 0.2) is 18.5 Å². The SMILES string of the molecule is CCCC1(CNc2nc(NC)nc(-n3cccn3)n2)CC1. The lowest BCUT2D eigenvalue weighted by Gasteiger charge is -2.15. The lowest BCUT2D eigenvalue weighted by molar-refractivity contribution is 0.484. The zero-order valence-electron chi connectivity index (χ0n) is 12.5. The van der Waals surface area contributed by atoms with Crippen molar-refractivity contribution in [1.29, 1.82) is 0 Å². The fourth-order valence-corrected chi connectivity index (χ4v) is 2.53. The van der Waals surface area contributed by atoms with Crippen LogP contribution >= 0.6 is 0 Å². The van der Waals surface area contributed by atoms with Gasteiger partial charge in [-0.05, 0) is 30.7 Å². The van der Waals surface area contributed by atoms with Crippen LogP contribution < -0.4 is 10.6 Å². The Labute approximate surface area is 124 Å². The van der Waals surface area contributed by atoms with E-state index in [-0.39, 0.29) is 0 Å². The fourth-order valence-electron chi connectivity index (χ4n) is 2.53. The van der Waals surface area contributed by atoms with E-state index in [9.17, 15) is 0 Å². The summed E-state index contributed by atoms with van der Waals surface area (Å²) in [5.74, 6) is 1.66. The Bertz CT molecular complexity index is 589. The Morgan fingerprint density at radius 1 is 1.24 bits per heavy atom. The van der Waals surface area contributed by atoms with Gasteiger partial charge >= 0.3 is 0 Å². The van der Waals surface area contributed by atoms with E-state index in [0.29, 0.717) is 23.3 Å². The van der Waals surface area contributed by atoms with Crippen LogP contribution in [0, 0.1) is 5.41 Å². The van der Waals surface area contributed by atoms with Gasteiger partial charge < -0.3 is 10.6 Å². The molecule has 1 fully saturated rings. The van der Waals surface area contributed by atoms with Crippen LogP contribution in [0.3, 0.4) is 0 Å². The van der Waals surface area contributed by atoms with Gasteiger partial charge in [0.1, 0.15) is 0 Å². The maximum atomic E-state index is 4.44. The van der Waals surface area contributed by atoms with Crippen molar-refractivity contribution in [3.8, 4) is 5.95 Å². The molecule has 0 atom stereocenters. The Balaban J connectivity index is 1.77. The van der Waals surface area contributed by atoms with Crippen molar-refractivity contribution >= 4 is 11.9 Å². The van der Waals surface area contributed by atoms with Crippen molar-refractivity contribution in [2.75, 3.05) is 24.2 Å². The second-order valence-electron chi connectivity index (χ2n) is 5.59. The predicted octanol–water partition coefficient (Wildman–Crippen LogP) is 2.09. The number of aromatic nitrogens is 5. The van der Waals surface area contributed by atoms with Gasteiger partial charge in [0.25, 0.3) is 5.95 Å². The van der Waals surface area contributed by atoms with Gasteiger partial charge in [-0.15, -0.1) is 0 Å². The molecule has 0 radical (unpaired) electrons. The molecule has 0 amide bonds. The van der Waals surface area contributed by atoms with Crippen molar-refractivity contribution in [3.05, 3.63) is 18.5 Å². The molecule has 7 heteroatoms. The Morgan fingerprint density at radius 3 is 2.67 bits per heavy atom. The summed E-state index contributed by atoms with van der Waals surface area (Å²) in [6.07, 6.45) is 8.59. The third-order valence-corrected chi connectivity index (χ3v) is 3.92. The van der Waals surface area contributed by atoms with Crippen LogP contribution in [0.5, 0.6) is 0 Å². The summed E-state index contributed by atoms with van der Waals surface area (Å²) < 4.78 is 1.63. The Kier molecular flexibility index (Phi) is 3.72. The van der Waals surface area contributed by atoms with Crippen molar-refractivity contribution < 1.29 is 0 Å². The lowest BCUT2D eigenvalue weighted by atomic mass is 10.0. The summed E-state index contributed by atoms with van der Waals surface area (Å²) in [6, 6.07) is 1.84. The van der Waals surface area contributed by atoms with E-state index in [1.807, 2.05) is 12.3 Å². The zero-order valence-corrected chi connectivity index (χ0v) is 12.5. The molecule has 0 spiro atoms. The Hall–Kier alpha value is -2.18. The highest BCUT2D eigenvalue weighted by atomic mass is 15.4. The van der Waals surface area contributed by atoms with Gasteiger partial charge in [-0.3, -0.25) is 0 Å². The highest BCUT2D eigenvalue weighted by molar-refractivity contribution is 5.37. The quantitative estimate of drug-likeness (QED) is 0.811. The normalized spacial score (nSPS) is 15.7. The maximum absolute atomic E-state index is 4.44. The molecule has 21 heavy (non-hydrogen) atoms. The smallest absolute Gasteiger partial charge is 0.257 e. The van der Waals surface area contributed by atoms with Gasteiger partial charge in [-0.1, -0.05) is 13.3 Å². The van der Waals surface area contributed by atoms with Crippen molar-refractivity contribution in [3.63, 3.8) is 0 Å². The summed E-state index contributed by atoms with van der Waals surface area (Å²) >= 11 is 0. The van der Waals surface area contributed by atoms with Crippen LogP contribution in [-0.4, -0.2) is 38.3 Å². The molecule has 7 nitrogen and oxygen atoms in total. The molecule has 2 heterocycles. The van der Waals surface area contributed by atoms with Gasteiger partial charge in [0.2, 0.25) is 11.9 Å². The van der Waals surface area contributed by atoms with E-state index in [4.69, 9.17) is 0 Å². The maximum Gasteiger partial charge on any atom is 0.257 e. The molecule has 112 valence electrons. The van der Waals surface area contributed by atoms with Gasteiger partial charge in [-0.2, -0.15) is 20.1 Å². The summed E-state index contributed by atoms with van der Waals surface area (Å²) in [5, 5.41) is 10.5. The molecule has 2 N–H and O–H groups in total. The summed E-state index contributed by atoms with van der Waals surface area (Å²) in [5.41, 5.74) is 0.451. The standard InChI is InChI=1S/C14H21N7/c1-3-5-14(6-7-14)10-16-12-18-11(15-2)19-13(20-12)21-9-4-8-17-21/h4,8-9H,3,5-7,10H2,1-2H3,(H2,15,16,18,19,20). The third kappa shape index (κ3) is 3.12. The zero-order chi connectivity index (χ0) is 14.7. The molecule has 1 aliphatic rings. The third-order valence-electron chi connectivity index (χ3n) is 3.92. The van der Waals surface area contributed by atoms with Gasteiger partial charge in [0.15, 0.2) is 0 Å². The molecule has 1 aliphatic carbocycles. The number of nitrogens with one attached hydrogen (secondary N) is 2. The van der Waals surface area contributed by atoms with Gasteiger partial charge in [0, 0.05) is 26.0 Å². The van der Waals surface area contributed by atoms with E-state index in [0.717, 1.165) is 6.54 Å². The van der Waals surface area contributed by atoms with Crippen LogP contribution in [0.1, 0.15) is 32.6 Å². The van der Waals surface area contributed by atoms with Crippen LogP contribution in [0.2, 0.25) is 0 Å². The van der Waals surface area contributed by atoms with Gasteiger partial charge in [-0.25, -0.2) is 4.68 Å². The average molecular weight is 287 g/mol. The Morgan fingerprint density at radius 2 is 2.05 bits per heavy atom. The number of hydrogen-bond donors (Lipinski definition) is 2. The molecule has 1 saturated carbocycles. The molecular formula is C14H21N7. The molecule has 0 aromatic carbocycles. The molecule has 3 rings (SSSR count). The van der Waals surface area contributed by atoms with Crippen molar-refractivity contribution in [2.45, 2.75) is 32.6 Å². The highest BCUT2D eigenvalue weighted by Crippen LogP contribution is 2.49. The van der Waals surface area contributed by atoms with E-state index >= 15 is 0 Å². The second-order valence-corrected chi connectivity index (χ2v) is 5.59. The number of nitrogens with zero attached hydrogens (tertiary/aromatic N) is 5. The monoisotopic (exact) mass is 287 g/mol. The minimum absolute atomic E-state index is 0.451. The summed E-state index contributed by atoms with van der Waals surface area (Å²) in [6.45, 7) is 3.16. The predicted molar refractivity (Wildman–Crippen MR) is 81.6 cm³/mol. The van der Waals surface area contributed by atoms with Crippen LogP contribution in [0.25, 0.3) is 5.95 Å². The molecule has 0 unspecified atom stereocenters. The molecule has 0 aliphatic heterocycles. The second kappa shape index (κ2) is 5.67. The lowest BCUT2D eigenvalue weighted by Crippen LogP contribution is -2.18. The summed E-state index contributed by atoms with van der Waals surface area (Å²) in [4.78, 5) is 13.1. The van der Waals surface area contributed by atoms with E-state index in [1.54, 1.807) is 17.9 Å².